The number of hydrogen-bond donors (Lipinski definition) is 0. The van der Waals surface area contributed by atoms with Gasteiger partial charge in [0.15, 0.2) is 0 Å². The second-order valence-corrected chi connectivity index (χ2v) is 4.88. The molecule has 0 aliphatic rings. The maximum absolute atomic E-state index is 11.6. The Labute approximate surface area is 96.6 Å². The van der Waals surface area contributed by atoms with Gasteiger partial charge in [0.1, 0.15) is 0 Å². The maximum Gasteiger partial charge on any atom is 0.297 e. The SMILES string of the molecule is CC#CCCOS(=O)(=O)c1ccc(C)cc1. The van der Waals surface area contributed by atoms with E-state index in [2.05, 4.69) is 11.8 Å². The van der Waals surface area contributed by atoms with Gasteiger partial charge in [-0.2, -0.15) is 8.42 Å². The van der Waals surface area contributed by atoms with Crippen molar-refractivity contribution in [3.63, 3.8) is 0 Å². The minimum Gasteiger partial charge on any atom is -0.265 e. The summed E-state index contributed by atoms with van der Waals surface area (Å²) in [5.74, 6) is 5.42. The van der Waals surface area contributed by atoms with Crippen LogP contribution in [0.4, 0.5) is 0 Å². The molecule has 0 spiro atoms. The van der Waals surface area contributed by atoms with E-state index in [4.69, 9.17) is 4.18 Å². The lowest BCUT2D eigenvalue weighted by molar-refractivity contribution is 0.326. The minimum atomic E-state index is -3.63. The molecule has 0 aromatic heterocycles. The average molecular weight is 238 g/mol. The van der Waals surface area contributed by atoms with Gasteiger partial charge in [0.25, 0.3) is 10.1 Å². The molecule has 0 fully saturated rings. The van der Waals surface area contributed by atoms with E-state index in [0.29, 0.717) is 6.42 Å². The van der Waals surface area contributed by atoms with E-state index < -0.39 is 10.1 Å². The van der Waals surface area contributed by atoms with Crippen LogP contribution in [-0.2, 0) is 14.3 Å². The Morgan fingerprint density at radius 3 is 2.44 bits per heavy atom. The molecule has 3 nitrogen and oxygen atoms in total. The van der Waals surface area contributed by atoms with Gasteiger partial charge in [0, 0.05) is 6.42 Å². The van der Waals surface area contributed by atoms with Crippen LogP contribution in [0.2, 0.25) is 0 Å². The monoisotopic (exact) mass is 238 g/mol. The highest BCUT2D eigenvalue weighted by Gasteiger charge is 2.13. The third kappa shape index (κ3) is 3.69. The van der Waals surface area contributed by atoms with Crippen LogP contribution in [0.15, 0.2) is 29.2 Å². The Morgan fingerprint density at radius 1 is 1.25 bits per heavy atom. The topological polar surface area (TPSA) is 43.4 Å². The number of benzene rings is 1. The zero-order chi connectivity index (χ0) is 12.0. The average Bonchev–Trinajstić information content (AvgIpc) is 2.25. The van der Waals surface area contributed by atoms with Crippen LogP contribution in [0.1, 0.15) is 18.9 Å². The molecule has 0 aliphatic heterocycles. The normalized spacial score (nSPS) is 10.6. The molecule has 1 aromatic rings. The van der Waals surface area contributed by atoms with Gasteiger partial charge < -0.3 is 0 Å². The summed E-state index contributed by atoms with van der Waals surface area (Å²) in [5, 5.41) is 0. The molecule has 4 heteroatoms. The van der Waals surface area contributed by atoms with Crippen molar-refractivity contribution in [1.29, 1.82) is 0 Å². The molecule has 0 bridgehead atoms. The Morgan fingerprint density at radius 2 is 1.88 bits per heavy atom. The molecule has 0 heterocycles. The van der Waals surface area contributed by atoms with Gasteiger partial charge in [0.2, 0.25) is 0 Å². The second kappa shape index (κ2) is 5.69. The van der Waals surface area contributed by atoms with Gasteiger partial charge in [-0.25, -0.2) is 0 Å². The molecular formula is C12H14O3S. The first kappa shape index (κ1) is 12.8. The highest BCUT2D eigenvalue weighted by Crippen LogP contribution is 2.13. The molecule has 1 rings (SSSR count). The van der Waals surface area contributed by atoms with E-state index in [0.717, 1.165) is 5.56 Å². The first-order chi connectivity index (χ1) is 7.56. The molecule has 0 aliphatic carbocycles. The number of aryl methyl sites for hydroxylation is 1. The fourth-order valence-electron chi connectivity index (χ4n) is 1.10. The third-order valence-electron chi connectivity index (χ3n) is 1.95. The molecule has 0 saturated heterocycles. The van der Waals surface area contributed by atoms with Crippen molar-refractivity contribution in [2.24, 2.45) is 0 Å². The lowest BCUT2D eigenvalue weighted by Gasteiger charge is -2.03. The van der Waals surface area contributed by atoms with Crippen molar-refractivity contribution in [1.82, 2.24) is 0 Å². The van der Waals surface area contributed by atoms with Gasteiger partial charge in [-0.1, -0.05) is 17.7 Å². The Hall–Kier alpha value is -1.31. The quantitative estimate of drug-likeness (QED) is 0.458. The zero-order valence-electron chi connectivity index (χ0n) is 9.36. The molecule has 0 N–H and O–H groups in total. The van der Waals surface area contributed by atoms with Crippen LogP contribution < -0.4 is 0 Å². The summed E-state index contributed by atoms with van der Waals surface area (Å²) in [5.41, 5.74) is 1.01. The lowest BCUT2D eigenvalue weighted by atomic mass is 10.2. The lowest BCUT2D eigenvalue weighted by Crippen LogP contribution is -2.07. The van der Waals surface area contributed by atoms with Crippen molar-refractivity contribution in [3.8, 4) is 11.8 Å². The van der Waals surface area contributed by atoms with E-state index in [-0.39, 0.29) is 11.5 Å². The van der Waals surface area contributed by atoms with Crippen LogP contribution in [-0.4, -0.2) is 15.0 Å². The summed E-state index contributed by atoms with van der Waals surface area (Å²) >= 11 is 0. The van der Waals surface area contributed by atoms with Gasteiger partial charge >= 0.3 is 0 Å². The number of hydrogen-bond acceptors (Lipinski definition) is 3. The van der Waals surface area contributed by atoms with E-state index in [9.17, 15) is 8.42 Å². The summed E-state index contributed by atoms with van der Waals surface area (Å²) in [6.07, 6.45) is 0.418. The second-order valence-electron chi connectivity index (χ2n) is 3.27. The number of rotatable bonds is 4. The van der Waals surface area contributed by atoms with E-state index in [1.807, 2.05) is 6.92 Å². The Kier molecular flexibility index (Phi) is 4.53. The largest absolute Gasteiger partial charge is 0.297 e. The first-order valence-electron chi connectivity index (χ1n) is 4.92. The molecule has 16 heavy (non-hydrogen) atoms. The van der Waals surface area contributed by atoms with Gasteiger partial charge in [0.05, 0.1) is 11.5 Å². The zero-order valence-corrected chi connectivity index (χ0v) is 10.2. The first-order valence-corrected chi connectivity index (χ1v) is 6.33. The predicted molar refractivity (Wildman–Crippen MR) is 62.4 cm³/mol. The molecule has 0 atom stereocenters. The summed E-state index contributed by atoms with van der Waals surface area (Å²) in [7, 11) is -3.63. The molecule has 0 amide bonds. The smallest absolute Gasteiger partial charge is 0.265 e. The standard InChI is InChI=1S/C12H14O3S/c1-3-4-5-10-15-16(13,14)12-8-6-11(2)7-9-12/h6-9H,5,10H2,1-2H3. The maximum atomic E-state index is 11.6. The predicted octanol–water partition coefficient (Wildman–Crippen LogP) is 2.11. The summed E-state index contributed by atoms with van der Waals surface area (Å²) < 4.78 is 28.1. The molecular weight excluding hydrogens is 224 g/mol. The molecule has 0 unspecified atom stereocenters. The van der Waals surface area contributed by atoms with Crippen LogP contribution >= 0.6 is 0 Å². The van der Waals surface area contributed by atoms with E-state index in [1.54, 1.807) is 19.1 Å². The fourth-order valence-corrected chi connectivity index (χ4v) is 2.01. The van der Waals surface area contributed by atoms with Crippen molar-refractivity contribution >= 4 is 10.1 Å². The van der Waals surface area contributed by atoms with E-state index >= 15 is 0 Å². The summed E-state index contributed by atoms with van der Waals surface area (Å²) in [6.45, 7) is 3.69. The van der Waals surface area contributed by atoms with E-state index in [1.165, 1.54) is 12.1 Å². The van der Waals surface area contributed by atoms with Crippen molar-refractivity contribution in [3.05, 3.63) is 29.8 Å². The highest BCUT2D eigenvalue weighted by molar-refractivity contribution is 7.86. The van der Waals surface area contributed by atoms with Gasteiger partial charge in [-0.15, -0.1) is 11.8 Å². The van der Waals surface area contributed by atoms with Crippen LogP contribution in [0.3, 0.4) is 0 Å². The van der Waals surface area contributed by atoms with Crippen LogP contribution in [0, 0.1) is 18.8 Å². The molecule has 0 saturated carbocycles. The summed E-state index contributed by atoms with van der Waals surface area (Å²) in [4.78, 5) is 0.183. The van der Waals surface area contributed by atoms with Gasteiger partial charge in [-0.3, -0.25) is 4.18 Å². The highest BCUT2D eigenvalue weighted by atomic mass is 32.2. The van der Waals surface area contributed by atoms with Crippen LogP contribution in [0.25, 0.3) is 0 Å². The van der Waals surface area contributed by atoms with Crippen molar-refractivity contribution < 1.29 is 12.6 Å². The molecule has 1 aromatic carbocycles. The minimum absolute atomic E-state index is 0.0943. The Balaban J connectivity index is 2.69. The van der Waals surface area contributed by atoms with Crippen molar-refractivity contribution in [2.75, 3.05) is 6.61 Å². The summed E-state index contributed by atoms with van der Waals surface area (Å²) in [6, 6.07) is 6.55. The van der Waals surface area contributed by atoms with Crippen molar-refractivity contribution in [2.45, 2.75) is 25.2 Å². The van der Waals surface area contributed by atoms with Crippen LogP contribution in [0.5, 0.6) is 0 Å². The molecule has 0 radical (unpaired) electrons. The van der Waals surface area contributed by atoms with Gasteiger partial charge in [-0.05, 0) is 26.0 Å². The molecule has 86 valence electrons. The fraction of sp³-hybridized carbons (Fsp3) is 0.333. The third-order valence-corrected chi connectivity index (χ3v) is 3.28. The Bertz CT molecular complexity index is 489.